The van der Waals surface area contributed by atoms with Crippen molar-refractivity contribution in [1.82, 2.24) is 9.78 Å². The Kier molecular flexibility index (Phi) is 2.35. The summed E-state index contributed by atoms with van der Waals surface area (Å²) in [6, 6.07) is 0.472. The van der Waals surface area contributed by atoms with Crippen molar-refractivity contribution in [2.75, 3.05) is 11.1 Å². The maximum Gasteiger partial charge on any atom is 0.171 e. The van der Waals surface area contributed by atoms with E-state index >= 15 is 0 Å². The SMILES string of the molecule is CC(CC1CC1)Nc1nn(C)cc1N. The van der Waals surface area contributed by atoms with E-state index in [0.717, 1.165) is 17.4 Å². The highest BCUT2D eigenvalue weighted by atomic mass is 15.3. The van der Waals surface area contributed by atoms with Crippen LogP contribution in [0.25, 0.3) is 0 Å². The highest BCUT2D eigenvalue weighted by Crippen LogP contribution is 2.34. The molecule has 1 fully saturated rings. The second kappa shape index (κ2) is 3.52. The molecule has 0 amide bonds. The average molecular weight is 194 g/mol. The van der Waals surface area contributed by atoms with Crippen LogP contribution in [0.1, 0.15) is 26.2 Å². The zero-order chi connectivity index (χ0) is 10.1. The normalized spacial score (nSPS) is 18.1. The van der Waals surface area contributed by atoms with Crippen LogP contribution in [0.5, 0.6) is 0 Å². The molecule has 78 valence electrons. The van der Waals surface area contributed by atoms with Gasteiger partial charge in [0.2, 0.25) is 0 Å². The number of nitrogens with zero attached hydrogens (tertiary/aromatic N) is 2. The summed E-state index contributed by atoms with van der Waals surface area (Å²) in [5.41, 5.74) is 6.52. The Hall–Kier alpha value is -1.19. The smallest absolute Gasteiger partial charge is 0.171 e. The lowest BCUT2D eigenvalue weighted by molar-refractivity contribution is 0.637. The summed E-state index contributed by atoms with van der Waals surface area (Å²) in [4.78, 5) is 0. The van der Waals surface area contributed by atoms with Crippen molar-refractivity contribution in [1.29, 1.82) is 0 Å². The van der Waals surface area contributed by atoms with Crippen molar-refractivity contribution in [2.24, 2.45) is 13.0 Å². The Morgan fingerprint density at radius 2 is 2.43 bits per heavy atom. The number of nitrogens with two attached hydrogens (primary N) is 1. The third-order valence-electron chi connectivity index (χ3n) is 2.62. The molecule has 1 aromatic rings. The Morgan fingerprint density at radius 3 is 2.93 bits per heavy atom. The maximum atomic E-state index is 5.79. The van der Waals surface area contributed by atoms with Crippen molar-refractivity contribution in [2.45, 2.75) is 32.2 Å². The molecule has 1 aromatic heterocycles. The molecule has 1 atom stereocenters. The summed E-state index contributed by atoms with van der Waals surface area (Å²) >= 11 is 0. The topological polar surface area (TPSA) is 55.9 Å². The molecule has 0 spiro atoms. The maximum absolute atomic E-state index is 5.79. The lowest BCUT2D eigenvalue weighted by Crippen LogP contribution is -2.17. The molecule has 0 saturated heterocycles. The number of hydrogen-bond acceptors (Lipinski definition) is 3. The third kappa shape index (κ3) is 2.19. The van der Waals surface area contributed by atoms with E-state index in [1.807, 2.05) is 13.2 Å². The van der Waals surface area contributed by atoms with Crippen molar-refractivity contribution >= 4 is 11.5 Å². The highest BCUT2D eigenvalue weighted by molar-refractivity contribution is 5.60. The second-order valence-electron chi connectivity index (χ2n) is 4.33. The predicted octanol–water partition coefficient (Wildman–Crippen LogP) is 1.60. The van der Waals surface area contributed by atoms with Gasteiger partial charge in [-0.05, 0) is 19.3 Å². The van der Waals surface area contributed by atoms with E-state index in [1.165, 1.54) is 19.3 Å². The average Bonchev–Trinajstić information content (AvgIpc) is 2.81. The van der Waals surface area contributed by atoms with E-state index in [2.05, 4.69) is 17.3 Å². The van der Waals surface area contributed by atoms with Gasteiger partial charge in [-0.1, -0.05) is 12.8 Å². The molecule has 0 radical (unpaired) electrons. The lowest BCUT2D eigenvalue weighted by Gasteiger charge is -2.12. The first-order chi connectivity index (χ1) is 6.65. The first kappa shape index (κ1) is 9.37. The Bertz CT molecular complexity index is 314. The number of nitrogen functional groups attached to an aromatic ring is 1. The van der Waals surface area contributed by atoms with Crippen LogP contribution >= 0.6 is 0 Å². The van der Waals surface area contributed by atoms with Gasteiger partial charge in [0.1, 0.15) is 0 Å². The monoisotopic (exact) mass is 194 g/mol. The largest absolute Gasteiger partial charge is 0.394 e. The fourth-order valence-electron chi connectivity index (χ4n) is 1.76. The molecule has 1 aliphatic rings. The van der Waals surface area contributed by atoms with Crippen LogP contribution in [-0.4, -0.2) is 15.8 Å². The summed E-state index contributed by atoms with van der Waals surface area (Å²) in [6.45, 7) is 2.19. The minimum absolute atomic E-state index is 0.472. The van der Waals surface area contributed by atoms with Crippen LogP contribution in [-0.2, 0) is 7.05 Å². The van der Waals surface area contributed by atoms with Gasteiger partial charge in [-0.25, -0.2) is 0 Å². The number of rotatable bonds is 4. The quantitative estimate of drug-likeness (QED) is 0.765. The standard InChI is InChI=1S/C10H18N4/c1-7(5-8-3-4-8)12-10-9(11)6-14(2)13-10/h6-8H,3-5,11H2,1-2H3,(H,12,13). The van der Waals surface area contributed by atoms with Gasteiger partial charge in [0.05, 0.1) is 5.69 Å². The minimum Gasteiger partial charge on any atom is -0.394 e. The van der Waals surface area contributed by atoms with Crippen LogP contribution in [0.4, 0.5) is 11.5 Å². The fourth-order valence-corrected chi connectivity index (χ4v) is 1.76. The Labute approximate surface area is 84.5 Å². The Balaban J connectivity index is 1.91. The van der Waals surface area contributed by atoms with Gasteiger partial charge >= 0.3 is 0 Å². The van der Waals surface area contributed by atoms with Gasteiger partial charge < -0.3 is 11.1 Å². The van der Waals surface area contributed by atoms with Gasteiger partial charge in [0, 0.05) is 19.3 Å². The zero-order valence-corrected chi connectivity index (χ0v) is 8.83. The van der Waals surface area contributed by atoms with Gasteiger partial charge in [-0.3, -0.25) is 4.68 Å². The molecule has 14 heavy (non-hydrogen) atoms. The summed E-state index contributed by atoms with van der Waals surface area (Å²) < 4.78 is 1.74. The number of hydrogen-bond donors (Lipinski definition) is 2. The molecule has 1 saturated carbocycles. The molecular weight excluding hydrogens is 176 g/mol. The molecule has 2 rings (SSSR count). The molecule has 4 nitrogen and oxygen atoms in total. The molecule has 3 N–H and O–H groups in total. The summed E-state index contributed by atoms with van der Waals surface area (Å²) in [5.74, 6) is 1.75. The van der Waals surface area contributed by atoms with Gasteiger partial charge in [0.15, 0.2) is 5.82 Å². The van der Waals surface area contributed by atoms with Gasteiger partial charge in [-0.15, -0.1) is 0 Å². The highest BCUT2D eigenvalue weighted by Gasteiger charge is 2.23. The molecule has 1 heterocycles. The molecule has 0 aromatic carbocycles. The molecule has 0 bridgehead atoms. The molecular formula is C10H18N4. The summed E-state index contributed by atoms with van der Waals surface area (Å²) in [7, 11) is 1.88. The van der Waals surface area contributed by atoms with E-state index in [4.69, 9.17) is 5.73 Å². The van der Waals surface area contributed by atoms with E-state index in [1.54, 1.807) is 4.68 Å². The van der Waals surface area contributed by atoms with Crippen molar-refractivity contribution in [3.05, 3.63) is 6.20 Å². The van der Waals surface area contributed by atoms with Crippen molar-refractivity contribution in [3.8, 4) is 0 Å². The number of nitrogens with one attached hydrogen (secondary N) is 1. The lowest BCUT2D eigenvalue weighted by atomic mass is 10.1. The second-order valence-corrected chi connectivity index (χ2v) is 4.33. The van der Waals surface area contributed by atoms with Crippen LogP contribution in [0.3, 0.4) is 0 Å². The number of anilines is 2. The number of aryl methyl sites for hydroxylation is 1. The van der Waals surface area contributed by atoms with Gasteiger partial charge in [-0.2, -0.15) is 5.10 Å². The summed E-state index contributed by atoms with van der Waals surface area (Å²) in [5, 5.41) is 7.60. The number of aromatic nitrogens is 2. The van der Waals surface area contributed by atoms with Crippen LogP contribution in [0.2, 0.25) is 0 Å². The molecule has 1 aliphatic carbocycles. The fraction of sp³-hybridized carbons (Fsp3) is 0.700. The first-order valence-corrected chi connectivity index (χ1v) is 5.21. The molecule has 1 unspecified atom stereocenters. The predicted molar refractivity (Wildman–Crippen MR) is 58.0 cm³/mol. The van der Waals surface area contributed by atoms with E-state index in [0.29, 0.717) is 6.04 Å². The van der Waals surface area contributed by atoms with Crippen LogP contribution in [0, 0.1) is 5.92 Å². The Morgan fingerprint density at radius 1 is 1.71 bits per heavy atom. The van der Waals surface area contributed by atoms with Crippen molar-refractivity contribution in [3.63, 3.8) is 0 Å². The van der Waals surface area contributed by atoms with E-state index < -0.39 is 0 Å². The van der Waals surface area contributed by atoms with E-state index in [-0.39, 0.29) is 0 Å². The van der Waals surface area contributed by atoms with Crippen molar-refractivity contribution < 1.29 is 0 Å². The third-order valence-corrected chi connectivity index (χ3v) is 2.62. The zero-order valence-electron chi connectivity index (χ0n) is 8.83. The van der Waals surface area contributed by atoms with Gasteiger partial charge in [0.25, 0.3) is 0 Å². The van der Waals surface area contributed by atoms with Crippen LogP contribution < -0.4 is 11.1 Å². The first-order valence-electron chi connectivity index (χ1n) is 5.21. The minimum atomic E-state index is 0.472. The molecule has 0 aliphatic heterocycles. The van der Waals surface area contributed by atoms with Crippen LogP contribution in [0.15, 0.2) is 6.20 Å². The molecule has 4 heteroatoms. The van der Waals surface area contributed by atoms with E-state index in [9.17, 15) is 0 Å². The summed E-state index contributed by atoms with van der Waals surface area (Å²) in [6.07, 6.45) is 5.84.